The largest absolute Gasteiger partial charge is 0.496 e. The van der Waals surface area contributed by atoms with E-state index in [0.29, 0.717) is 58.1 Å². The van der Waals surface area contributed by atoms with Crippen LogP contribution in [0.5, 0.6) is 11.6 Å². The van der Waals surface area contributed by atoms with Crippen molar-refractivity contribution in [2.75, 3.05) is 20.8 Å². The number of rotatable bonds is 11. The minimum absolute atomic E-state index is 0.0619. The molecule has 0 aliphatic rings. The highest BCUT2D eigenvalue weighted by Crippen LogP contribution is 2.27. The standard InChI is InChI=1S/C32H26F2N4O5/c1-41-11-10-38-28-14-21(32(39)40)8-9-27(28)36-30(38)16-19-6-7-20(12-24(19)33)26-4-3-5-31(37-26)43-18-23-13-25(34)22(17-35)15-29(23)42-2/h3-9,12-15H,10-11,16,18H2,1-2H3,(H,39,40). The van der Waals surface area contributed by atoms with Crippen molar-refractivity contribution in [2.45, 2.75) is 19.6 Å². The summed E-state index contributed by atoms with van der Waals surface area (Å²) in [5, 5.41) is 18.5. The first-order valence-electron chi connectivity index (χ1n) is 13.2. The van der Waals surface area contributed by atoms with E-state index in [1.807, 2.05) is 4.57 Å². The number of ether oxygens (including phenoxy) is 3. The Morgan fingerprint density at radius 3 is 2.56 bits per heavy atom. The maximum absolute atomic E-state index is 15.4. The minimum atomic E-state index is -1.05. The van der Waals surface area contributed by atoms with Crippen LogP contribution in [-0.4, -0.2) is 46.4 Å². The summed E-state index contributed by atoms with van der Waals surface area (Å²) in [5.74, 6) is -1.07. The number of carboxylic acid groups (broad SMARTS) is 1. The number of nitriles is 1. The maximum atomic E-state index is 15.4. The predicted molar refractivity (Wildman–Crippen MR) is 153 cm³/mol. The number of aromatic carboxylic acids is 1. The third kappa shape index (κ3) is 6.29. The van der Waals surface area contributed by atoms with Gasteiger partial charge in [0.05, 0.1) is 41.6 Å². The summed E-state index contributed by atoms with van der Waals surface area (Å²) in [6.45, 7) is 0.727. The van der Waals surface area contributed by atoms with Crippen LogP contribution < -0.4 is 9.47 Å². The fourth-order valence-corrected chi connectivity index (χ4v) is 4.68. The number of halogens is 2. The Labute approximate surface area is 245 Å². The molecule has 5 aromatic rings. The number of hydrogen-bond donors (Lipinski definition) is 1. The van der Waals surface area contributed by atoms with Crippen molar-refractivity contribution >= 4 is 17.0 Å². The highest BCUT2D eigenvalue weighted by atomic mass is 19.1. The highest BCUT2D eigenvalue weighted by molar-refractivity contribution is 5.92. The van der Waals surface area contributed by atoms with Crippen LogP contribution in [0, 0.1) is 23.0 Å². The lowest BCUT2D eigenvalue weighted by atomic mass is 10.1. The fourth-order valence-electron chi connectivity index (χ4n) is 4.68. The summed E-state index contributed by atoms with van der Waals surface area (Å²) in [7, 11) is 2.98. The lowest BCUT2D eigenvalue weighted by Gasteiger charge is -2.12. The number of fused-ring (bicyclic) bond motifs is 1. The molecule has 5 rings (SSSR count). The van der Waals surface area contributed by atoms with E-state index in [1.165, 1.54) is 31.4 Å². The highest BCUT2D eigenvalue weighted by Gasteiger charge is 2.17. The Hall–Kier alpha value is -5.34. The lowest BCUT2D eigenvalue weighted by Crippen LogP contribution is -2.10. The van der Waals surface area contributed by atoms with Crippen LogP contribution in [0.1, 0.15) is 32.9 Å². The number of pyridine rings is 1. The molecule has 0 spiro atoms. The molecule has 0 aliphatic carbocycles. The molecule has 1 N–H and O–H groups in total. The Morgan fingerprint density at radius 2 is 1.84 bits per heavy atom. The van der Waals surface area contributed by atoms with E-state index in [4.69, 9.17) is 19.5 Å². The molecule has 43 heavy (non-hydrogen) atoms. The van der Waals surface area contributed by atoms with Crippen molar-refractivity contribution in [1.82, 2.24) is 14.5 Å². The molecular formula is C32H26F2N4O5. The molecule has 0 saturated carbocycles. The lowest BCUT2D eigenvalue weighted by molar-refractivity contribution is 0.0697. The van der Waals surface area contributed by atoms with Crippen LogP contribution in [0.2, 0.25) is 0 Å². The van der Waals surface area contributed by atoms with Crippen LogP contribution in [0.4, 0.5) is 8.78 Å². The van der Waals surface area contributed by atoms with Gasteiger partial charge in [0.25, 0.3) is 0 Å². The van der Waals surface area contributed by atoms with Gasteiger partial charge in [-0.1, -0.05) is 18.2 Å². The second-order valence-electron chi connectivity index (χ2n) is 9.57. The van der Waals surface area contributed by atoms with Gasteiger partial charge in [-0.2, -0.15) is 5.26 Å². The third-order valence-corrected chi connectivity index (χ3v) is 6.88. The molecule has 2 aromatic heterocycles. The minimum Gasteiger partial charge on any atom is -0.496 e. The van der Waals surface area contributed by atoms with E-state index in [2.05, 4.69) is 9.97 Å². The summed E-state index contributed by atoms with van der Waals surface area (Å²) in [5.41, 5.74) is 3.03. The number of methoxy groups -OCH3 is 2. The molecule has 2 heterocycles. The van der Waals surface area contributed by atoms with Crippen LogP contribution in [0.3, 0.4) is 0 Å². The fraction of sp³-hybridized carbons (Fsp3) is 0.188. The summed E-state index contributed by atoms with van der Waals surface area (Å²) >= 11 is 0. The van der Waals surface area contributed by atoms with Crippen molar-refractivity contribution < 1.29 is 32.9 Å². The third-order valence-electron chi connectivity index (χ3n) is 6.88. The first-order chi connectivity index (χ1) is 20.8. The van der Waals surface area contributed by atoms with E-state index >= 15 is 4.39 Å². The van der Waals surface area contributed by atoms with Crippen LogP contribution in [0.15, 0.2) is 66.7 Å². The van der Waals surface area contributed by atoms with E-state index in [-0.39, 0.29) is 30.0 Å². The van der Waals surface area contributed by atoms with Crippen molar-refractivity contribution in [2.24, 2.45) is 0 Å². The van der Waals surface area contributed by atoms with Gasteiger partial charge in [0, 0.05) is 43.3 Å². The summed E-state index contributed by atoms with van der Waals surface area (Å²) < 4.78 is 47.6. The van der Waals surface area contributed by atoms with Gasteiger partial charge in [-0.05, 0) is 42.0 Å². The zero-order chi connectivity index (χ0) is 30.5. The smallest absolute Gasteiger partial charge is 0.335 e. The van der Waals surface area contributed by atoms with Gasteiger partial charge in [-0.25, -0.2) is 23.5 Å². The van der Waals surface area contributed by atoms with E-state index < -0.39 is 17.6 Å². The van der Waals surface area contributed by atoms with Gasteiger partial charge in [0.2, 0.25) is 5.88 Å². The van der Waals surface area contributed by atoms with Gasteiger partial charge in [-0.3, -0.25) is 0 Å². The molecule has 0 saturated heterocycles. The molecule has 0 fully saturated rings. The molecule has 0 atom stereocenters. The van der Waals surface area contributed by atoms with Gasteiger partial charge in [0.15, 0.2) is 0 Å². The number of aromatic nitrogens is 3. The number of nitrogens with zero attached hydrogens (tertiary/aromatic N) is 4. The van der Waals surface area contributed by atoms with Gasteiger partial charge in [-0.15, -0.1) is 0 Å². The Balaban J connectivity index is 1.37. The number of benzene rings is 3. The number of imidazole rings is 1. The van der Waals surface area contributed by atoms with Gasteiger partial charge < -0.3 is 23.9 Å². The molecule has 0 aliphatic heterocycles. The molecule has 3 aromatic carbocycles. The van der Waals surface area contributed by atoms with Crippen molar-refractivity contribution in [1.29, 1.82) is 5.26 Å². The van der Waals surface area contributed by atoms with E-state index in [1.54, 1.807) is 55.6 Å². The monoisotopic (exact) mass is 584 g/mol. The van der Waals surface area contributed by atoms with Crippen molar-refractivity contribution in [3.8, 4) is 29.0 Å². The normalized spacial score (nSPS) is 11.0. The van der Waals surface area contributed by atoms with E-state index in [9.17, 15) is 14.3 Å². The summed E-state index contributed by atoms with van der Waals surface area (Å²) in [6, 6.07) is 18.8. The molecule has 9 nitrogen and oxygen atoms in total. The molecular weight excluding hydrogens is 558 g/mol. The Bertz CT molecular complexity index is 1870. The first-order valence-corrected chi connectivity index (χ1v) is 13.2. The van der Waals surface area contributed by atoms with Gasteiger partial charge in [0.1, 0.15) is 35.9 Å². The number of hydrogen-bond acceptors (Lipinski definition) is 7. The average Bonchev–Trinajstić information content (AvgIpc) is 3.36. The number of carboxylic acids is 1. The summed E-state index contributed by atoms with van der Waals surface area (Å²) in [6.07, 6.45) is 0.173. The molecule has 0 bridgehead atoms. The van der Waals surface area contributed by atoms with Crippen LogP contribution in [0.25, 0.3) is 22.3 Å². The molecule has 0 amide bonds. The van der Waals surface area contributed by atoms with Gasteiger partial charge >= 0.3 is 5.97 Å². The molecule has 0 radical (unpaired) electrons. The average molecular weight is 585 g/mol. The quantitative estimate of drug-likeness (QED) is 0.208. The zero-order valence-electron chi connectivity index (χ0n) is 23.3. The zero-order valence-corrected chi connectivity index (χ0v) is 23.3. The molecule has 11 heteroatoms. The molecule has 218 valence electrons. The second kappa shape index (κ2) is 12.7. The predicted octanol–water partition coefficient (Wildman–Crippen LogP) is 5.77. The summed E-state index contributed by atoms with van der Waals surface area (Å²) in [4.78, 5) is 20.6. The second-order valence-corrected chi connectivity index (χ2v) is 9.57. The molecule has 0 unspecified atom stereocenters. The first kappa shape index (κ1) is 29.2. The van der Waals surface area contributed by atoms with Crippen molar-refractivity contribution in [3.05, 3.63) is 106 Å². The van der Waals surface area contributed by atoms with E-state index in [0.717, 1.165) is 0 Å². The van der Waals surface area contributed by atoms with Crippen LogP contribution >= 0.6 is 0 Å². The van der Waals surface area contributed by atoms with Crippen molar-refractivity contribution in [3.63, 3.8) is 0 Å². The number of carbonyl (C=O) groups is 1. The Kier molecular flexibility index (Phi) is 8.59. The Morgan fingerprint density at radius 1 is 1.00 bits per heavy atom. The topological polar surface area (TPSA) is 119 Å². The SMILES string of the molecule is COCCn1c(Cc2ccc(-c3cccc(OCc4cc(F)c(C#N)cc4OC)n3)cc2F)nc2ccc(C(=O)O)cc21. The maximum Gasteiger partial charge on any atom is 0.335 e. The van der Waals surface area contributed by atoms with Crippen LogP contribution in [-0.2, 0) is 24.3 Å².